The van der Waals surface area contributed by atoms with Gasteiger partial charge in [0.15, 0.2) is 4.77 Å². The van der Waals surface area contributed by atoms with Crippen LogP contribution in [-0.2, 0) is 6.54 Å². The van der Waals surface area contributed by atoms with E-state index in [1.165, 1.54) is 11.1 Å². The molecule has 0 aliphatic heterocycles. The Kier molecular flexibility index (Phi) is 2.68. The van der Waals surface area contributed by atoms with Crippen LogP contribution in [0.5, 0.6) is 0 Å². The molecular formula is C11H13N3S. The molecule has 15 heavy (non-hydrogen) atoms. The van der Waals surface area contributed by atoms with Crippen LogP contribution in [-0.4, -0.2) is 14.5 Å². The van der Waals surface area contributed by atoms with Crippen molar-refractivity contribution in [1.29, 1.82) is 0 Å². The first-order valence-corrected chi connectivity index (χ1v) is 5.23. The van der Waals surface area contributed by atoms with Gasteiger partial charge in [0.2, 0.25) is 0 Å². The number of pyridine rings is 1. The Labute approximate surface area is 93.8 Å². The maximum absolute atomic E-state index is 5.21. The molecule has 2 aromatic heterocycles. The average Bonchev–Trinajstić information content (AvgIpc) is 2.53. The van der Waals surface area contributed by atoms with Gasteiger partial charge in [0.05, 0.1) is 6.54 Å². The predicted molar refractivity (Wildman–Crippen MR) is 62.4 cm³/mol. The van der Waals surface area contributed by atoms with E-state index < -0.39 is 0 Å². The molecule has 0 aromatic carbocycles. The summed E-state index contributed by atoms with van der Waals surface area (Å²) in [6.45, 7) is 4.92. The van der Waals surface area contributed by atoms with E-state index in [1.807, 2.05) is 31.6 Å². The number of hydrogen-bond acceptors (Lipinski definition) is 2. The minimum absolute atomic E-state index is 0.767. The van der Waals surface area contributed by atoms with E-state index in [-0.39, 0.29) is 0 Å². The van der Waals surface area contributed by atoms with Crippen molar-refractivity contribution < 1.29 is 0 Å². The van der Waals surface area contributed by atoms with E-state index in [4.69, 9.17) is 12.2 Å². The van der Waals surface area contributed by atoms with Crippen LogP contribution in [0.25, 0.3) is 0 Å². The summed E-state index contributed by atoms with van der Waals surface area (Å²) < 4.78 is 2.85. The fourth-order valence-electron chi connectivity index (χ4n) is 1.53. The summed E-state index contributed by atoms with van der Waals surface area (Å²) in [7, 11) is 0. The van der Waals surface area contributed by atoms with E-state index in [1.54, 1.807) is 0 Å². The molecule has 0 atom stereocenters. The van der Waals surface area contributed by atoms with Crippen molar-refractivity contribution in [2.24, 2.45) is 0 Å². The molecule has 0 bridgehead atoms. The maximum atomic E-state index is 5.21. The number of aromatic nitrogens is 3. The van der Waals surface area contributed by atoms with Gasteiger partial charge in [0.25, 0.3) is 0 Å². The first-order chi connectivity index (χ1) is 7.18. The Hall–Kier alpha value is -1.42. The van der Waals surface area contributed by atoms with E-state index in [9.17, 15) is 0 Å². The van der Waals surface area contributed by atoms with Crippen molar-refractivity contribution in [3.05, 3.63) is 46.2 Å². The normalized spacial score (nSPS) is 10.5. The molecule has 0 aliphatic carbocycles. The lowest BCUT2D eigenvalue weighted by atomic mass is 10.1. The number of aryl methyl sites for hydroxylation is 2. The Morgan fingerprint density at radius 3 is 2.87 bits per heavy atom. The van der Waals surface area contributed by atoms with Crippen molar-refractivity contribution in [1.82, 2.24) is 14.5 Å². The molecule has 0 saturated heterocycles. The molecule has 0 aliphatic rings. The van der Waals surface area contributed by atoms with Gasteiger partial charge in [0, 0.05) is 24.3 Å². The zero-order valence-electron chi connectivity index (χ0n) is 8.82. The second-order valence-corrected chi connectivity index (χ2v) is 4.01. The van der Waals surface area contributed by atoms with E-state index in [2.05, 4.69) is 21.5 Å². The molecule has 0 radical (unpaired) electrons. The minimum atomic E-state index is 0.767. The molecule has 0 fully saturated rings. The molecule has 0 unspecified atom stereocenters. The first-order valence-electron chi connectivity index (χ1n) is 4.83. The number of hydrogen-bond donors (Lipinski definition) is 1. The fourth-order valence-corrected chi connectivity index (χ4v) is 1.80. The van der Waals surface area contributed by atoms with Crippen LogP contribution in [0.2, 0.25) is 0 Å². The number of nitrogens with one attached hydrogen (secondary N) is 1. The number of rotatable bonds is 2. The monoisotopic (exact) mass is 219 g/mol. The molecular weight excluding hydrogens is 206 g/mol. The van der Waals surface area contributed by atoms with Gasteiger partial charge in [-0.3, -0.25) is 4.98 Å². The van der Waals surface area contributed by atoms with Crippen LogP contribution in [0.15, 0.2) is 24.7 Å². The summed E-state index contributed by atoms with van der Waals surface area (Å²) in [5.41, 5.74) is 3.60. The third kappa shape index (κ3) is 1.99. The SMILES string of the molecule is Cc1cnccc1Cn1c(C)c[nH]c1=S. The highest BCUT2D eigenvalue weighted by molar-refractivity contribution is 7.71. The van der Waals surface area contributed by atoms with Gasteiger partial charge in [-0.25, -0.2) is 0 Å². The van der Waals surface area contributed by atoms with Crippen LogP contribution < -0.4 is 0 Å². The zero-order chi connectivity index (χ0) is 10.8. The van der Waals surface area contributed by atoms with Crippen molar-refractivity contribution in [3.8, 4) is 0 Å². The van der Waals surface area contributed by atoms with Crippen molar-refractivity contribution in [2.45, 2.75) is 20.4 Å². The van der Waals surface area contributed by atoms with E-state index >= 15 is 0 Å². The highest BCUT2D eigenvalue weighted by atomic mass is 32.1. The number of nitrogens with zero attached hydrogens (tertiary/aromatic N) is 2. The lowest BCUT2D eigenvalue weighted by Gasteiger charge is -2.07. The van der Waals surface area contributed by atoms with Gasteiger partial charge in [-0.1, -0.05) is 0 Å². The third-order valence-corrected chi connectivity index (χ3v) is 2.88. The Morgan fingerprint density at radius 2 is 2.27 bits per heavy atom. The quantitative estimate of drug-likeness (QED) is 0.788. The van der Waals surface area contributed by atoms with Crippen LogP contribution in [0.4, 0.5) is 0 Å². The van der Waals surface area contributed by atoms with Crippen LogP contribution in [0.1, 0.15) is 16.8 Å². The fraction of sp³-hybridized carbons (Fsp3) is 0.273. The molecule has 0 saturated carbocycles. The summed E-state index contributed by atoms with van der Waals surface area (Å²) in [6, 6.07) is 2.03. The maximum Gasteiger partial charge on any atom is 0.177 e. The number of aromatic amines is 1. The summed E-state index contributed by atoms with van der Waals surface area (Å²) in [6.07, 6.45) is 5.62. The molecule has 1 N–H and O–H groups in total. The minimum Gasteiger partial charge on any atom is -0.337 e. The largest absolute Gasteiger partial charge is 0.337 e. The first kappa shape index (κ1) is 10.1. The second kappa shape index (κ2) is 3.98. The van der Waals surface area contributed by atoms with Crippen LogP contribution in [0, 0.1) is 18.6 Å². The molecule has 0 spiro atoms. The molecule has 3 nitrogen and oxygen atoms in total. The lowest BCUT2D eigenvalue weighted by molar-refractivity contribution is 0.752. The van der Waals surface area contributed by atoms with Gasteiger partial charge in [-0.15, -0.1) is 0 Å². The highest BCUT2D eigenvalue weighted by Gasteiger charge is 2.02. The summed E-state index contributed by atoms with van der Waals surface area (Å²) in [5, 5.41) is 0. The Balaban J connectivity index is 2.38. The molecule has 78 valence electrons. The Bertz CT molecular complexity index is 525. The molecule has 2 aromatic rings. The Morgan fingerprint density at radius 1 is 1.47 bits per heavy atom. The predicted octanol–water partition coefficient (Wildman–Crippen LogP) is 2.61. The summed E-state index contributed by atoms with van der Waals surface area (Å²) in [5.74, 6) is 0. The molecule has 0 amide bonds. The highest BCUT2D eigenvalue weighted by Crippen LogP contribution is 2.10. The smallest absolute Gasteiger partial charge is 0.177 e. The third-order valence-electron chi connectivity index (χ3n) is 2.54. The van der Waals surface area contributed by atoms with Gasteiger partial charge in [-0.05, 0) is 43.3 Å². The second-order valence-electron chi connectivity index (χ2n) is 3.62. The van der Waals surface area contributed by atoms with Crippen LogP contribution in [0.3, 0.4) is 0 Å². The average molecular weight is 219 g/mol. The molecule has 2 heterocycles. The summed E-state index contributed by atoms with van der Waals surface area (Å²) in [4.78, 5) is 7.11. The zero-order valence-corrected chi connectivity index (χ0v) is 9.64. The lowest BCUT2D eigenvalue weighted by Crippen LogP contribution is -2.03. The van der Waals surface area contributed by atoms with E-state index in [0.29, 0.717) is 0 Å². The van der Waals surface area contributed by atoms with Crippen molar-refractivity contribution in [2.75, 3.05) is 0 Å². The van der Waals surface area contributed by atoms with E-state index in [0.717, 1.165) is 17.0 Å². The number of H-pyrrole nitrogens is 1. The molecule has 2 rings (SSSR count). The van der Waals surface area contributed by atoms with Crippen molar-refractivity contribution in [3.63, 3.8) is 0 Å². The number of imidazole rings is 1. The standard InChI is InChI=1S/C11H13N3S/c1-8-5-12-4-3-10(8)7-14-9(2)6-13-11(14)15/h3-6H,7H2,1-2H3,(H,13,15). The topological polar surface area (TPSA) is 33.6 Å². The molecule has 4 heteroatoms. The van der Waals surface area contributed by atoms with Crippen LogP contribution >= 0.6 is 12.2 Å². The van der Waals surface area contributed by atoms with Gasteiger partial charge < -0.3 is 9.55 Å². The summed E-state index contributed by atoms with van der Waals surface area (Å²) >= 11 is 5.21. The van der Waals surface area contributed by atoms with Gasteiger partial charge in [0.1, 0.15) is 0 Å². The van der Waals surface area contributed by atoms with Gasteiger partial charge >= 0.3 is 0 Å². The van der Waals surface area contributed by atoms with Crippen molar-refractivity contribution >= 4 is 12.2 Å². The van der Waals surface area contributed by atoms with Gasteiger partial charge in [-0.2, -0.15) is 0 Å².